The molecular formula is C34H30ClF2N5O2. The van der Waals surface area contributed by atoms with Crippen molar-refractivity contribution in [3.8, 4) is 23.1 Å². The molecule has 3 aliphatic rings. The first kappa shape index (κ1) is 28.5. The lowest BCUT2D eigenvalue weighted by Gasteiger charge is -2.48. The summed E-state index contributed by atoms with van der Waals surface area (Å²) in [7, 11) is 2.03. The number of fused-ring (bicyclic) bond motifs is 3. The molecule has 0 aliphatic carbocycles. The number of carbonyl (C=O) groups is 1. The number of hydrogen-bond donors (Lipinski definition) is 0. The second-order valence-electron chi connectivity index (χ2n) is 11.8. The third kappa shape index (κ3) is 4.47. The van der Waals surface area contributed by atoms with Crippen LogP contribution in [-0.4, -0.2) is 72.1 Å². The molecule has 224 valence electrons. The number of benzene rings is 3. The summed E-state index contributed by atoms with van der Waals surface area (Å²) < 4.78 is 36.7. The van der Waals surface area contributed by atoms with Gasteiger partial charge >= 0.3 is 0 Å². The maximum atomic E-state index is 16.7. The molecule has 1 amide bonds. The molecule has 7 nitrogen and oxygen atoms in total. The fourth-order valence-electron chi connectivity index (χ4n) is 7.14. The van der Waals surface area contributed by atoms with E-state index in [9.17, 15) is 14.4 Å². The number of carbonyl (C=O) groups excluding carboxylic acids is 1. The van der Waals surface area contributed by atoms with Crippen molar-refractivity contribution < 1.29 is 18.3 Å². The Morgan fingerprint density at radius 1 is 1.14 bits per heavy atom. The molecule has 0 bridgehead atoms. The number of nitrogens with zero attached hydrogens (tertiary/aromatic N) is 5. The van der Waals surface area contributed by atoms with Gasteiger partial charge < -0.3 is 19.4 Å². The van der Waals surface area contributed by atoms with E-state index in [1.807, 2.05) is 42.3 Å². The van der Waals surface area contributed by atoms with Crippen molar-refractivity contribution in [3.05, 3.63) is 77.3 Å². The molecule has 0 N–H and O–H groups in total. The molecule has 4 aromatic rings. The lowest BCUT2D eigenvalue weighted by molar-refractivity contribution is -0.130. The fraction of sp³-hybridized carbons (Fsp3) is 0.324. The SMILES string of the molecule is C=C(F)C(=O)N1CC[C@@H]2[C@H]1CN2c1c(C#N)c(OC[C@@H]2CCCN2C)nc2c(F)c(-c3cccc4cccc(Cl)c34)ccc12. The van der Waals surface area contributed by atoms with Crippen molar-refractivity contribution >= 4 is 44.9 Å². The van der Waals surface area contributed by atoms with Crippen molar-refractivity contribution in [2.75, 3.05) is 38.2 Å². The highest BCUT2D eigenvalue weighted by Gasteiger charge is 2.50. The number of hydrogen-bond acceptors (Lipinski definition) is 6. The van der Waals surface area contributed by atoms with Crippen LogP contribution < -0.4 is 9.64 Å². The molecule has 1 aromatic heterocycles. The van der Waals surface area contributed by atoms with Gasteiger partial charge in [-0.1, -0.05) is 54.6 Å². The summed E-state index contributed by atoms with van der Waals surface area (Å²) in [5.41, 5.74) is 1.79. The van der Waals surface area contributed by atoms with Gasteiger partial charge in [0.2, 0.25) is 5.88 Å². The third-order valence-electron chi connectivity index (χ3n) is 9.45. The van der Waals surface area contributed by atoms with E-state index >= 15 is 4.39 Å². The zero-order valence-electron chi connectivity index (χ0n) is 24.2. The van der Waals surface area contributed by atoms with Crippen LogP contribution in [0.5, 0.6) is 5.88 Å². The van der Waals surface area contributed by atoms with Gasteiger partial charge in [0.25, 0.3) is 5.91 Å². The number of aromatic nitrogens is 1. The average Bonchev–Trinajstić information content (AvgIpc) is 3.57. The van der Waals surface area contributed by atoms with E-state index in [-0.39, 0.29) is 35.1 Å². The van der Waals surface area contributed by atoms with Crippen LogP contribution in [0.4, 0.5) is 14.5 Å². The molecule has 3 fully saturated rings. The van der Waals surface area contributed by atoms with E-state index in [1.165, 1.54) is 4.90 Å². The summed E-state index contributed by atoms with van der Waals surface area (Å²) in [6, 6.07) is 16.7. The minimum atomic E-state index is -0.994. The van der Waals surface area contributed by atoms with Gasteiger partial charge in [-0.05, 0) is 55.9 Å². The van der Waals surface area contributed by atoms with Crippen LogP contribution >= 0.6 is 11.6 Å². The van der Waals surface area contributed by atoms with Gasteiger partial charge in [0.15, 0.2) is 11.6 Å². The van der Waals surface area contributed by atoms with Gasteiger partial charge in [0.05, 0.1) is 17.8 Å². The maximum absolute atomic E-state index is 16.7. The standard InChI is InChI=1S/C34H30ClF2N5O2/c1-19(36)34(43)41-15-13-27-28(41)17-42(27)32-24-12-11-23(22-9-3-6-20-7-4-10-26(35)29(20)22)30(37)31(24)39-33(25(32)16-38)44-18-21-8-5-14-40(21)2/h3-4,6-7,9-12,21,27-28H,1,5,8,13-15,17-18H2,2H3/t21-,27+,28+/m0/s1. The topological polar surface area (TPSA) is 72.7 Å². The predicted octanol–water partition coefficient (Wildman–Crippen LogP) is 6.46. The van der Waals surface area contributed by atoms with Crippen molar-refractivity contribution in [2.45, 2.75) is 37.4 Å². The molecule has 0 unspecified atom stereocenters. The van der Waals surface area contributed by atoms with Crippen LogP contribution in [0.1, 0.15) is 24.8 Å². The molecular weight excluding hydrogens is 584 g/mol. The number of likely N-dealkylation sites (tertiary alicyclic amines) is 2. The number of ether oxygens (including phenoxy) is 1. The summed E-state index contributed by atoms with van der Waals surface area (Å²) >= 11 is 6.60. The maximum Gasteiger partial charge on any atom is 0.282 e. The average molecular weight is 614 g/mol. The summed E-state index contributed by atoms with van der Waals surface area (Å²) in [4.78, 5) is 22.8. The predicted molar refractivity (Wildman–Crippen MR) is 167 cm³/mol. The molecule has 4 heterocycles. The molecule has 0 saturated carbocycles. The minimum absolute atomic E-state index is 0.0776. The number of anilines is 1. The Morgan fingerprint density at radius 2 is 1.93 bits per heavy atom. The van der Waals surface area contributed by atoms with Crippen LogP contribution in [0, 0.1) is 17.1 Å². The Labute approximate surface area is 258 Å². The van der Waals surface area contributed by atoms with Gasteiger partial charge in [0.1, 0.15) is 23.8 Å². The molecule has 0 spiro atoms. The van der Waals surface area contributed by atoms with Gasteiger partial charge in [-0.15, -0.1) is 0 Å². The largest absolute Gasteiger partial charge is 0.475 e. The molecule has 3 atom stereocenters. The van der Waals surface area contributed by atoms with E-state index in [1.54, 1.807) is 18.2 Å². The number of likely N-dealkylation sites (N-methyl/N-ethyl adjacent to an activating group) is 1. The highest BCUT2D eigenvalue weighted by Crippen LogP contribution is 2.46. The van der Waals surface area contributed by atoms with E-state index in [0.29, 0.717) is 53.3 Å². The van der Waals surface area contributed by atoms with E-state index in [2.05, 4.69) is 22.5 Å². The molecule has 7 rings (SSSR count). The van der Waals surface area contributed by atoms with Crippen molar-refractivity contribution in [1.82, 2.24) is 14.8 Å². The highest BCUT2D eigenvalue weighted by molar-refractivity contribution is 6.36. The van der Waals surface area contributed by atoms with Crippen LogP contribution in [0.15, 0.2) is 60.9 Å². The van der Waals surface area contributed by atoms with Gasteiger partial charge in [-0.25, -0.2) is 13.8 Å². The van der Waals surface area contributed by atoms with Crippen LogP contribution in [0.2, 0.25) is 5.02 Å². The number of rotatable bonds is 6. The van der Waals surface area contributed by atoms with Crippen LogP contribution in [-0.2, 0) is 4.79 Å². The van der Waals surface area contributed by atoms with Gasteiger partial charge in [-0.3, -0.25) is 4.79 Å². The first-order chi connectivity index (χ1) is 21.3. The molecule has 3 saturated heterocycles. The van der Waals surface area contributed by atoms with Crippen molar-refractivity contribution in [2.24, 2.45) is 0 Å². The zero-order valence-corrected chi connectivity index (χ0v) is 25.0. The second kappa shape index (κ2) is 11.0. The number of nitriles is 1. The molecule has 44 heavy (non-hydrogen) atoms. The highest BCUT2D eigenvalue weighted by atomic mass is 35.5. The molecule has 10 heteroatoms. The Morgan fingerprint density at radius 3 is 2.66 bits per heavy atom. The minimum Gasteiger partial charge on any atom is -0.475 e. The Bertz CT molecular complexity index is 1890. The van der Waals surface area contributed by atoms with Gasteiger partial charge in [0, 0.05) is 40.5 Å². The Hall–Kier alpha value is -4.26. The number of amides is 1. The Kier molecular flexibility index (Phi) is 7.14. The van der Waals surface area contributed by atoms with E-state index in [0.717, 1.165) is 30.2 Å². The first-order valence-corrected chi connectivity index (χ1v) is 15.1. The molecule has 3 aliphatic heterocycles. The second-order valence-corrected chi connectivity index (χ2v) is 12.2. The van der Waals surface area contributed by atoms with Crippen LogP contribution in [0.25, 0.3) is 32.8 Å². The molecule has 3 aromatic carbocycles. The van der Waals surface area contributed by atoms with Crippen molar-refractivity contribution in [1.29, 1.82) is 5.26 Å². The summed E-state index contributed by atoms with van der Waals surface area (Å²) in [5.74, 6) is -2.18. The number of halogens is 3. The van der Waals surface area contributed by atoms with Crippen LogP contribution in [0.3, 0.4) is 0 Å². The summed E-state index contributed by atoms with van der Waals surface area (Å²) in [6.07, 6.45) is 2.59. The lowest BCUT2D eigenvalue weighted by Crippen LogP contribution is -2.63. The normalized spacial score (nSPS) is 21.4. The summed E-state index contributed by atoms with van der Waals surface area (Å²) in [6.45, 7) is 5.18. The fourth-order valence-corrected chi connectivity index (χ4v) is 7.42. The monoisotopic (exact) mass is 613 g/mol. The lowest BCUT2D eigenvalue weighted by atomic mass is 9.92. The number of pyridine rings is 1. The third-order valence-corrected chi connectivity index (χ3v) is 9.76. The quantitative estimate of drug-likeness (QED) is 0.232. The molecule has 0 radical (unpaired) electrons. The first-order valence-electron chi connectivity index (χ1n) is 14.8. The Balaban J connectivity index is 1.37. The summed E-state index contributed by atoms with van der Waals surface area (Å²) in [5, 5.41) is 13.0. The van der Waals surface area contributed by atoms with E-state index in [4.69, 9.17) is 16.3 Å². The smallest absolute Gasteiger partial charge is 0.282 e. The van der Waals surface area contributed by atoms with Crippen molar-refractivity contribution in [3.63, 3.8) is 0 Å². The van der Waals surface area contributed by atoms with Gasteiger partial charge in [-0.2, -0.15) is 5.26 Å². The zero-order chi connectivity index (χ0) is 30.7. The van der Waals surface area contributed by atoms with E-state index < -0.39 is 17.6 Å².